The number of anilines is 1. The Bertz CT molecular complexity index is 1500. The van der Waals surface area contributed by atoms with Gasteiger partial charge in [0.2, 0.25) is 0 Å². The molecule has 0 fully saturated rings. The molecule has 0 radical (unpaired) electrons. The fourth-order valence-corrected chi connectivity index (χ4v) is 4.65. The van der Waals surface area contributed by atoms with Crippen molar-refractivity contribution in [2.45, 2.75) is 18.0 Å². The lowest BCUT2D eigenvalue weighted by atomic mass is 10.1. The second kappa shape index (κ2) is 10.3. The van der Waals surface area contributed by atoms with E-state index < -0.39 is 48.9 Å². The van der Waals surface area contributed by atoms with Crippen LogP contribution in [0.5, 0.6) is 0 Å². The van der Waals surface area contributed by atoms with Crippen molar-refractivity contribution in [1.82, 2.24) is 4.98 Å². The van der Waals surface area contributed by atoms with E-state index in [2.05, 4.69) is 21.7 Å². The predicted octanol–water partition coefficient (Wildman–Crippen LogP) is 5.59. The smallest absolute Gasteiger partial charge is 0.316 e. The lowest BCUT2D eigenvalue weighted by Crippen LogP contribution is -2.40. The molecule has 14 heteroatoms. The van der Waals surface area contributed by atoms with E-state index in [0.717, 1.165) is 12.1 Å². The van der Waals surface area contributed by atoms with Crippen LogP contribution in [0.15, 0.2) is 53.7 Å². The fraction of sp³-hybridized carbons (Fsp3) is 0.0909. The zero-order valence-electron chi connectivity index (χ0n) is 17.7. The largest absolute Gasteiger partial charge is 0.493 e. The van der Waals surface area contributed by atoms with Gasteiger partial charge in [-0.1, -0.05) is 45.6 Å². The van der Waals surface area contributed by atoms with Crippen LogP contribution in [0.4, 0.5) is 27.6 Å². The van der Waals surface area contributed by atoms with Gasteiger partial charge in [0.25, 0.3) is 10.0 Å². The highest BCUT2D eigenvalue weighted by Gasteiger charge is 2.46. The van der Waals surface area contributed by atoms with E-state index in [9.17, 15) is 35.2 Å². The first-order chi connectivity index (χ1) is 16.7. The summed E-state index contributed by atoms with van der Waals surface area (Å²) in [5.41, 5.74) is -1.84. The summed E-state index contributed by atoms with van der Waals surface area (Å²) in [6.07, 6.45) is -3.07. The average molecular weight is 565 g/mol. The van der Waals surface area contributed by atoms with Crippen molar-refractivity contribution in [3.05, 3.63) is 87.2 Å². The van der Waals surface area contributed by atoms with E-state index in [4.69, 9.17) is 23.2 Å². The second-order valence-electron chi connectivity index (χ2n) is 6.90. The van der Waals surface area contributed by atoms with Crippen LogP contribution in [-0.2, 0) is 19.7 Å². The Morgan fingerprint density at radius 1 is 1.03 bits per heavy atom. The number of nitrogens with zero attached hydrogens (tertiary/aromatic N) is 2. The number of pyridine rings is 1. The van der Waals surface area contributed by atoms with E-state index in [1.54, 1.807) is 0 Å². The molecule has 0 saturated carbocycles. The van der Waals surface area contributed by atoms with Crippen LogP contribution < -0.4 is 4.47 Å². The van der Waals surface area contributed by atoms with Gasteiger partial charge in [-0.15, -0.1) is 0 Å². The molecule has 3 aromatic rings. The Balaban J connectivity index is 2.16. The van der Waals surface area contributed by atoms with Gasteiger partial charge in [0.05, 0.1) is 9.92 Å². The topological polar surface area (TPSA) is 76.6 Å². The zero-order chi connectivity index (χ0) is 26.8. The third-order valence-electron chi connectivity index (χ3n) is 4.37. The maximum absolute atomic E-state index is 15.0. The predicted molar refractivity (Wildman–Crippen MR) is 120 cm³/mol. The first-order valence-corrected chi connectivity index (χ1v) is 11.6. The SMILES string of the molecule is Cc1c(Cl)cccc1S(=O)(=O)N(OC(=O)C(F)(F)F)c1c(F)cc(C#Cc2cncc(Cl)c2)cc1F. The monoisotopic (exact) mass is 564 g/mol. The van der Waals surface area contributed by atoms with Crippen molar-refractivity contribution >= 4 is 44.9 Å². The molecule has 188 valence electrons. The van der Waals surface area contributed by atoms with Gasteiger partial charge >= 0.3 is 12.1 Å². The van der Waals surface area contributed by atoms with Crippen LogP contribution >= 0.6 is 23.2 Å². The highest BCUT2D eigenvalue weighted by molar-refractivity contribution is 7.92. The number of hydrogen-bond acceptors (Lipinski definition) is 5. The molecule has 0 aliphatic heterocycles. The number of carbonyl (C=O) groups excluding carboxylic acids is 1. The molecule has 6 nitrogen and oxygen atoms in total. The number of hydrogen-bond donors (Lipinski definition) is 0. The average Bonchev–Trinajstić information content (AvgIpc) is 2.77. The lowest BCUT2D eigenvalue weighted by molar-refractivity contribution is -0.199. The summed E-state index contributed by atoms with van der Waals surface area (Å²) < 4.78 is 94.1. The van der Waals surface area contributed by atoms with Gasteiger partial charge in [-0.25, -0.2) is 13.6 Å². The van der Waals surface area contributed by atoms with Crippen molar-refractivity contribution in [3.63, 3.8) is 0 Å². The summed E-state index contributed by atoms with van der Waals surface area (Å²) in [5.74, 6) is -1.52. The van der Waals surface area contributed by atoms with Crippen molar-refractivity contribution < 1.29 is 40.0 Å². The summed E-state index contributed by atoms with van der Waals surface area (Å²) in [5, 5.41) is 0.110. The van der Waals surface area contributed by atoms with Crippen LogP contribution in [0, 0.1) is 30.4 Å². The number of carbonyl (C=O) groups is 1. The summed E-state index contributed by atoms with van der Waals surface area (Å²) in [6, 6.07) is 5.78. The minimum absolute atomic E-state index is 0.125. The Hall–Kier alpha value is -3.40. The van der Waals surface area contributed by atoms with Gasteiger partial charge in [0.15, 0.2) is 17.3 Å². The van der Waals surface area contributed by atoms with Gasteiger partial charge < -0.3 is 4.84 Å². The molecule has 0 unspecified atom stereocenters. The number of alkyl halides is 3. The van der Waals surface area contributed by atoms with Crippen molar-refractivity contribution in [3.8, 4) is 11.8 Å². The van der Waals surface area contributed by atoms with Gasteiger partial charge in [-0.3, -0.25) is 4.98 Å². The lowest BCUT2D eigenvalue weighted by Gasteiger charge is -2.24. The quantitative estimate of drug-likeness (QED) is 0.234. The summed E-state index contributed by atoms with van der Waals surface area (Å²) in [6.45, 7) is 1.19. The van der Waals surface area contributed by atoms with E-state index in [-0.39, 0.29) is 26.7 Å². The first kappa shape index (κ1) is 27.2. The third-order valence-corrected chi connectivity index (χ3v) is 6.67. The molecular formula is C22H11Cl2F5N2O4S. The van der Waals surface area contributed by atoms with Crippen LogP contribution in [-0.4, -0.2) is 25.5 Å². The van der Waals surface area contributed by atoms with Crippen molar-refractivity contribution in [2.24, 2.45) is 0 Å². The molecule has 0 aliphatic rings. The van der Waals surface area contributed by atoms with Crippen molar-refractivity contribution in [1.29, 1.82) is 0 Å². The summed E-state index contributed by atoms with van der Waals surface area (Å²) >= 11 is 11.7. The minimum Gasteiger partial charge on any atom is -0.316 e. The Morgan fingerprint density at radius 2 is 1.64 bits per heavy atom. The van der Waals surface area contributed by atoms with Crippen LogP contribution in [0.3, 0.4) is 0 Å². The molecule has 0 spiro atoms. The van der Waals surface area contributed by atoms with Gasteiger partial charge in [0.1, 0.15) is 0 Å². The normalized spacial score (nSPS) is 11.4. The Morgan fingerprint density at radius 3 is 2.22 bits per heavy atom. The molecular weight excluding hydrogens is 554 g/mol. The minimum atomic E-state index is -5.69. The fourth-order valence-electron chi connectivity index (χ4n) is 2.74. The summed E-state index contributed by atoms with van der Waals surface area (Å²) in [7, 11) is -5.31. The molecule has 0 atom stereocenters. The molecule has 0 N–H and O–H groups in total. The van der Waals surface area contributed by atoms with E-state index in [1.165, 1.54) is 31.5 Å². The molecule has 1 heterocycles. The van der Waals surface area contributed by atoms with Gasteiger partial charge in [0, 0.05) is 28.5 Å². The van der Waals surface area contributed by atoms with Gasteiger partial charge in [-0.2, -0.15) is 21.6 Å². The molecule has 36 heavy (non-hydrogen) atoms. The number of benzene rings is 2. The molecule has 2 aromatic carbocycles. The van der Waals surface area contributed by atoms with E-state index in [0.29, 0.717) is 12.1 Å². The van der Waals surface area contributed by atoms with Crippen LogP contribution in [0.2, 0.25) is 10.0 Å². The number of rotatable bonds is 4. The first-order valence-electron chi connectivity index (χ1n) is 9.43. The second-order valence-corrected chi connectivity index (χ2v) is 9.47. The van der Waals surface area contributed by atoms with Crippen LogP contribution in [0.25, 0.3) is 0 Å². The molecule has 0 bridgehead atoms. The molecule has 0 saturated heterocycles. The maximum atomic E-state index is 15.0. The molecule has 3 rings (SSSR count). The number of sulfonamides is 1. The highest BCUT2D eigenvalue weighted by Crippen LogP contribution is 2.34. The Kier molecular flexibility index (Phi) is 7.78. The van der Waals surface area contributed by atoms with Crippen LogP contribution in [0.1, 0.15) is 16.7 Å². The zero-order valence-corrected chi connectivity index (χ0v) is 20.0. The molecule has 1 aromatic heterocycles. The maximum Gasteiger partial charge on any atom is 0.493 e. The van der Waals surface area contributed by atoms with Crippen molar-refractivity contribution in [2.75, 3.05) is 4.47 Å². The number of aromatic nitrogens is 1. The molecule has 0 amide bonds. The van der Waals surface area contributed by atoms with E-state index in [1.807, 2.05) is 0 Å². The standard InChI is InChI=1S/C22H11Cl2F5N2O4S/c1-12-16(24)3-2-4-19(12)36(33,34)31(35-21(32)22(27,28)29)20-17(25)8-13(9-18(20)26)5-6-14-7-15(23)11-30-10-14/h2-4,7-11H,1H3. The summed E-state index contributed by atoms with van der Waals surface area (Å²) in [4.78, 5) is 18.5. The highest BCUT2D eigenvalue weighted by atomic mass is 35.5. The van der Waals surface area contributed by atoms with E-state index >= 15 is 0 Å². The molecule has 0 aliphatic carbocycles. The third kappa shape index (κ3) is 5.87. The Labute approximate surface area is 211 Å². The van der Waals surface area contributed by atoms with Gasteiger partial charge in [-0.05, 0) is 42.8 Å². The number of halogens is 7.